The molecular formula is C41H48ClN. The maximum atomic E-state index is 6.80. The maximum absolute atomic E-state index is 6.80. The predicted octanol–water partition coefficient (Wildman–Crippen LogP) is 12.5. The van der Waals surface area contributed by atoms with E-state index in [2.05, 4.69) is 146 Å². The summed E-state index contributed by atoms with van der Waals surface area (Å²) in [7, 11) is 0. The van der Waals surface area contributed by atoms with Gasteiger partial charge in [0.05, 0.1) is 5.69 Å². The average Bonchev–Trinajstić information content (AvgIpc) is 2.94. The SMILES string of the molecule is Cc1cc(Cl)cc(N(c2ccc3c(c2)C(C)(C)CCC3(C)C)c2cc3c(cc2-c2ccccc2)C(C)(C)CCC3(C)C)c1. The molecule has 2 aliphatic rings. The minimum absolute atomic E-state index is 0.0899. The number of hydrogen-bond acceptors (Lipinski definition) is 1. The number of rotatable bonds is 4. The van der Waals surface area contributed by atoms with Crippen LogP contribution in [-0.4, -0.2) is 0 Å². The van der Waals surface area contributed by atoms with Gasteiger partial charge in [0.25, 0.3) is 0 Å². The second kappa shape index (κ2) is 10.3. The molecule has 0 atom stereocenters. The number of anilines is 3. The van der Waals surface area contributed by atoms with Crippen LogP contribution in [-0.2, 0) is 21.7 Å². The Morgan fingerprint density at radius 1 is 0.535 bits per heavy atom. The van der Waals surface area contributed by atoms with Crippen LogP contribution in [0.2, 0.25) is 5.02 Å². The van der Waals surface area contributed by atoms with Crippen LogP contribution in [0.25, 0.3) is 11.1 Å². The number of nitrogens with zero attached hydrogens (tertiary/aromatic N) is 1. The number of hydrogen-bond donors (Lipinski definition) is 0. The molecule has 0 spiro atoms. The molecule has 0 aliphatic heterocycles. The standard InChI is InChI=1S/C41H48ClN/c1-27-21-29(42)23-31(22-27)43(30-15-16-33-34(24-30)39(4,5)18-17-38(33,2)3)37-26-36-35(40(6,7)19-20-41(36,8)9)25-32(37)28-13-11-10-12-14-28/h10-16,21-26H,17-20H2,1-9H3. The molecule has 2 aliphatic carbocycles. The van der Waals surface area contributed by atoms with Crippen molar-refractivity contribution < 1.29 is 0 Å². The highest BCUT2D eigenvalue weighted by molar-refractivity contribution is 6.31. The van der Waals surface area contributed by atoms with Crippen LogP contribution in [0.1, 0.15) is 109 Å². The van der Waals surface area contributed by atoms with Gasteiger partial charge < -0.3 is 4.90 Å². The lowest BCUT2D eigenvalue weighted by atomic mass is 9.62. The van der Waals surface area contributed by atoms with Gasteiger partial charge in [-0.1, -0.05) is 103 Å². The first-order valence-electron chi connectivity index (χ1n) is 16.1. The van der Waals surface area contributed by atoms with Crippen molar-refractivity contribution in [3.05, 3.63) is 112 Å². The monoisotopic (exact) mass is 589 g/mol. The van der Waals surface area contributed by atoms with Crippen molar-refractivity contribution in [3.8, 4) is 11.1 Å². The molecule has 4 aromatic rings. The van der Waals surface area contributed by atoms with E-state index in [0.29, 0.717) is 0 Å². The van der Waals surface area contributed by atoms with E-state index in [1.807, 2.05) is 0 Å². The third kappa shape index (κ3) is 5.33. The summed E-state index contributed by atoms with van der Waals surface area (Å²) in [6.45, 7) is 21.5. The van der Waals surface area contributed by atoms with Gasteiger partial charge >= 0.3 is 0 Å². The number of fused-ring (bicyclic) bond motifs is 2. The van der Waals surface area contributed by atoms with Gasteiger partial charge in [-0.2, -0.15) is 0 Å². The Morgan fingerprint density at radius 3 is 1.65 bits per heavy atom. The summed E-state index contributed by atoms with van der Waals surface area (Å²) in [6.07, 6.45) is 4.75. The topological polar surface area (TPSA) is 3.24 Å². The van der Waals surface area contributed by atoms with E-state index in [9.17, 15) is 0 Å². The van der Waals surface area contributed by atoms with Crippen LogP contribution in [0.4, 0.5) is 17.1 Å². The molecule has 0 amide bonds. The second-order valence-electron chi connectivity index (χ2n) is 15.9. The van der Waals surface area contributed by atoms with Crippen molar-refractivity contribution in [2.45, 2.75) is 110 Å². The van der Waals surface area contributed by atoms with Crippen LogP contribution in [0.15, 0.2) is 78.9 Å². The normalized spacial score (nSPS) is 19.3. The molecule has 0 saturated heterocycles. The van der Waals surface area contributed by atoms with Gasteiger partial charge in [0.1, 0.15) is 0 Å². The molecule has 0 aromatic heterocycles. The first-order chi connectivity index (χ1) is 20.1. The Hall–Kier alpha value is -3.03. The molecule has 0 bridgehead atoms. The quantitative estimate of drug-likeness (QED) is 0.229. The van der Waals surface area contributed by atoms with Gasteiger partial charge in [-0.15, -0.1) is 0 Å². The van der Waals surface area contributed by atoms with Crippen molar-refractivity contribution in [2.75, 3.05) is 4.90 Å². The highest BCUT2D eigenvalue weighted by Gasteiger charge is 2.40. The van der Waals surface area contributed by atoms with Crippen molar-refractivity contribution in [1.82, 2.24) is 0 Å². The smallest absolute Gasteiger partial charge is 0.0543 e. The zero-order valence-electron chi connectivity index (χ0n) is 27.7. The highest BCUT2D eigenvalue weighted by atomic mass is 35.5. The van der Waals surface area contributed by atoms with Crippen molar-refractivity contribution >= 4 is 28.7 Å². The van der Waals surface area contributed by atoms with E-state index in [0.717, 1.165) is 16.3 Å². The first kappa shape index (κ1) is 30.0. The maximum Gasteiger partial charge on any atom is 0.0543 e. The molecule has 4 aromatic carbocycles. The third-order valence-electron chi connectivity index (χ3n) is 10.7. The fourth-order valence-corrected chi connectivity index (χ4v) is 7.91. The minimum Gasteiger partial charge on any atom is -0.310 e. The van der Waals surface area contributed by atoms with Crippen LogP contribution in [0.3, 0.4) is 0 Å². The first-order valence-corrected chi connectivity index (χ1v) is 16.4. The van der Waals surface area contributed by atoms with E-state index in [1.54, 1.807) is 0 Å². The third-order valence-corrected chi connectivity index (χ3v) is 10.9. The lowest BCUT2D eigenvalue weighted by Gasteiger charge is -2.44. The van der Waals surface area contributed by atoms with E-state index in [-0.39, 0.29) is 21.7 Å². The molecule has 0 fully saturated rings. The van der Waals surface area contributed by atoms with E-state index in [1.165, 1.54) is 70.4 Å². The van der Waals surface area contributed by atoms with Crippen molar-refractivity contribution in [1.29, 1.82) is 0 Å². The summed E-state index contributed by atoms with van der Waals surface area (Å²) < 4.78 is 0. The summed E-state index contributed by atoms with van der Waals surface area (Å²) in [4.78, 5) is 2.48. The zero-order valence-corrected chi connectivity index (χ0v) is 28.4. The molecule has 0 N–H and O–H groups in total. The molecule has 224 valence electrons. The molecule has 2 heteroatoms. The second-order valence-corrected chi connectivity index (χ2v) is 16.3. The van der Waals surface area contributed by atoms with Gasteiger partial charge in [0, 0.05) is 22.0 Å². The largest absolute Gasteiger partial charge is 0.310 e. The molecule has 0 saturated carbocycles. The summed E-state index contributed by atoms with van der Waals surface area (Å²) >= 11 is 6.80. The Kier molecular flexibility index (Phi) is 7.17. The van der Waals surface area contributed by atoms with Gasteiger partial charge in [-0.25, -0.2) is 0 Å². The molecule has 43 heavy (non-hydrogen) atoms. The molecule has 0 radical (unpaired) electrons. The van der Waals surface area contributed by atoms with Gasteiger partial charge in [0.2, 0.25) is 0 Å². The fraction of sp³-hybridized carbons (Fsp3) is 0.415. The van der Waals surface area contributed by atoms with E-state index < -0.39 is 0 Å². The average molecular weight is 590 g/mol. The van der Waals surface area contributed by atoms with E-state index >= 15 is 0 Å². The summed E-state index contributed by atoms with van der Waals surface area (Å²) in [5.41, 5.74) is 13.5. The Morgan fingerprint density at radius 2 is 1.07 bits per heavy atom. The summed E-state index contributed by atoms with van der Waals surface area (Å²) in [5, 5.41) is 0.764. The number of halogens is 1. The van der Waals surface area contributed by atoms with Gasteiger partial charge in [0.15, 0.2) is 0 Å². The predicted molar refractivity (Wildman–Crippen MR) is 187 cm³/mol. The number of benzene rings is 4. The fourth-order valence-electron chi connectivity index (χ4n) is 7.63. The van der Waals surface area contributed by atoms with Gasteiger partial charge in [-0.05, 0) is 130 Å². The molecule has 1 nitrogen and oxygen atoms in total. The van der Waals surface area contributed by atoms with Crippen LogP contribution < -0.4 is 4.90 Å². The van der Waals surface area contributed by atoms with Crippen molar-refractivity contribution in [3.63, 3.8) is 0 Å². The van der Waals surface area contributed by atoms with Gasteiger partial charge in [-0.3, -0.25) is 0 Å². The van der Waals surface area contributed by atoms with Crippen LogP contribution in [0.5, 0.6) is 0 Å². The van der Waals surface area contributed by atoms with Crippen LogP contribution >= 0.6 is 11.6 Å². The Bertz CT molecular complexity index is 1670. The highest BCUT2D eigenvalue weighted by Crippen LogP contribution is 2.53. The molecule has 0 heterocycles. The minimum atomic E-state index is 0.0899. The lowest BCUT2D eigenvalue weighted by Crippen LogP contribution is -2.34. The Balaban J connectivity index is 1.70. The molecule has 0 unspecified atom stereocenters. The molecular weight excluding hydrogens is 542 g/mol. The summed E-state index contributed by atoms with van der Waals surface area (Å²) in [6, 6.07) is 29.7. The lowest BCUT2D eigenvalue weighted by molar-refractivity contribution is 0.332. The Labute approximate surface area is 265 Å². The number of aryl methyl sites for hydroxylation is 1. The van der Waals surface area contributed by atoms with Crippen LogP contribution in [0, 0.1) is 6.92 Å². The summed E-state index contributed by atoms with van der Waals surface area (Å²) in [5.74, 6) is 0. The zero-order chi connectivity index (χ0) is 30.9. The molecule has 6 rings (SSSR count). The van der Waals surface area contributed by atoms with Crippen molar-refractivity contribution in [2.24, 2.45) is 0 Å². The van der Waals surface area contributed by atoms with E-state index in [4.69, 9.17) is 11.6 Å².